The van der Waals surface area contributed by atoms with E-state index in [1.165, 1.54) is 23.9 Å². The second-order valence-corrected chi connectivity index (χ2v) is 7.40. The Labute approximate surface area is 177 Å². The van der Waals surface area contributed by atoms with Crippen molar-refractivity contribution in [3.63, 3.8) is 0 Å². The van der Waals surface area contributed by atoms with Crippen molar-refractivity contribution in [2.45, 2.75) is 6.92 Å². The first kappa shape index (κ1) is 19.7. The topological polar surface area (TPSA) is 69.6 Å². The number of likely N-dealkylation sites (N-methyl/N-ethyl adjacent to an activating group) is 1. The molecule has 0 saturated carbocycles. The van der Waals surface area contributed by atoms with Gasteiger partial charge in [0, 0.05) is 18.2 Å². The highest BCUT2D eigenvalue weighted by molar-refractivity contribution is 8.18. The Morgan fingerprint density at radius 2 is 1.93 bits per heavy atom. The molecule has 0 unspecified atom stereocenters. The standard InChI is InChI=1S/C23H16FN3O2S/c1-2-27-22(28)21(30-23(27)26-17-9-7-16(24)8-10-17)13-18-11-12-20(29-18)19-6-4-3-5-15(19)14-25/h3-13H,2H2,1H3/b21-13+,26-23?. The Kier molecular flexibility index (Phi) is 5.50. The zero-order chi connectivity index (χ0) is 21.1. The number of hydrogen-bond acceptors (Lipinski definition) is 5. The van der Waals surface area contributed by atoms with Gasteiger partial charge < -0.3 is 4.42 Å². The number of nitrogens with zero attached hydrogens (tertiary/aromatic N) is 3. The Morgan fingerprint density at radius 3 is 2.67 bits per heavy atom. The van der Waals surface area contributed by atoms with Crippen molar-refractivity contribution in [3.8, 4) is 17.4 Å². The number of halogens is 1. The van der Waals surface area contributed by atoms with Gasteiger partial charge >= 0.3 is 0 Å². The number of nitriles is 1. The largest absolute Gasteiger partial charge is 0.457 e. The summed E-state index contributed by atoms with van der Waals surface area (Å²) in [5, 5.41) is 9.81. The number of amidine groups is 1. The molecule has 0 aliphatic carbocycles. The molecule has 148 valence electrons. The van der Waals surface area contributed by atoms with E-state index in [2.05, 4.69) is 11.1 Å². The fourth-order valence-corrected chi connectivity index (χ4v) is 4.04. The molecule has 1 aliphatic rings. The van der Waals surface area contributed by atoms with Gasteiger partial charge in [-0.3, -0.25) is 9.69 Å². The van der Waals surface area contributed by atoms with Gasteiger partial charge in [0.2, 0.25) is 0 Å². The van der Waals surface area contributed by atoms with Gasteiger partial charge in [-0.15, -0.1) is 0 Å². The van der Waals surface area contributed by atoms with Crippen LogP contribution in [0.2, 0.25) is 0 Å². The summed E-state index contributed by atoms with van der Waals surface area (Å²) in [7, 11) is 0. The lowest BCUT2D eigenvalue weighted by Gasteiger charge is -2.11. The maximum Gasteiger partial charge on any atom is 0.266 e. The average Bonchev–Trinajstić information content (AvgIpc) is 3.34. The SMILES string of the molecule is CCN1C(=O)/C(=C\c2ccc(-c3ccccc3C#N)o2)SC1=Nc1ccc(F)cc1. The molecule has 3 aromatic rings. The van der Waals surface area contributed by atoms with Crippen molar-refractivity contribution in [1.29, 1.82) is 5.26 Å². The van der Waals surface area contributed by atoms with Gasteiger partial charge in [0.15, 0.2) is 5.17 Å². The maximum absolute atomic E-state index is 13.1. The van der Waals surface area contributed by atoms with Crippen LogP contribution in [0.5, 0.6) is 0 Å². The van der Waals surface area contributed by atoms with Crippen LogP contribution in [-0.2, 0) is 4.79 Å². The first-order valence-corrected chi connectivity index (χ1v) is 10.1. The third kappa shape index (κ3) is 3.91. The molecule has 2 heterocycles. The van der Waals surface area contributed by atoms with Gasteiger partial charge in [-0.1, -0.05) is 12.1 Å². The lowest BCUT2D eigenvalue weighted by Crippen LogP contribution is -2.28. The third-order valence-electron chi connectivity index (χ3n) is 4.47. The van der Waals surface area contributed by atoms with Crippen LogP contribution in [0, 0.1) is 17.1 Å². The predicted octanol–water partition coefficient (Wildman–Crippen LogP) is 5.58. The first-order valence-electron chi connectivity index (χ1n) is 9.24. The molecule has 1 amide bonds. The molecule has 2 aromatic carbocycles. The van der Waals surface area contributed by atoms with Crippen LogP contribution in [0.15, 0.2) is 75.0 Å². The van der Waals surface area contributed by atoms with Gasteiger partial charge in [-0.05, 0) is 67.2 Å². The van der Waals surface area contributed by atoms with Crippen molar-refractivity contribution in [1.82, 2.24) is 4.90 Å². The Hall–Kier alpha value is -3.63. The molecule has 0 bridgehead atoms. The average molecular weight is 417 g/mol. The molecule has 1 aromatic heterocycles. The van der Waals surface area contributed by atoms with E-state index in [1.807, 2.05) is 19.1 Å². The molecule has 0 N–H and O–H groups in total. The van der Waals surface area contributed by atoms with Crippen LogP contribution < -0.4 is 0 Å². The molecule has 0 spiro atoms. The number of hydrogen-bond donors (Lipinski definition) is 0. The lowest BCUT2D eigenvalue weighted by atomic mass is 10.1. The highest BCUT2D eigenvalue weighted by Gasteiger charge is 2.32. The highest BCUT2D eigenvalue weighted by atomic mass is 32.2. The molecule has 0 atom stereocenters. The summed E-state index contributed by atoms with van der Waals surface area (Å²) in [6, 6.07) is 18.6. The number of furan rings is 1. The fraction of sp³-hybridized carbons (Fsp3) is 0.0870. The van der Waals surface area contributed by atoms with Crippen molar-refractivity contribution < 1.29 is 13.6 Å². The van der Waals surface area contributed by atoms with E-state index in [0.717, 1.165) is 0 Å². The van der Waals surface area contributed by atoms with Crippen LogP contribution in [0.3, 0.4) is 0 Å². The molecule has 1 aliphatic heterocycles. The molecular weight excluding hydrogens is 401 g/mol. The van der Waals surface area contributed by atoms with Gasteiger partial charge in [-0.2, -0.15) is 5.26 Å². The summed E-state index contributed by atoms with van der Waals surface area (Å²) in [6.45, 7) is 2.33. The van der Waals surface area contributed by atoms with Crippen LogP contribution in [-0.4, -0.2) is 22.5 Å². The minimum absolute atomic E-state index is 0.168. The van der Waals surface area contributed by atoms with E-state index < -0.39 is 0 Å². The number of carbonyl (C=O) groups excluding carboxylic acids is 1. The summed E-state index contributed by atoms with van der Waals surface area (Å²) >= 11 is 1.24. The predicted molar refractivity (Wildman–Crippen MR) is 115 cm³/mol. The van der Waals surface area contributed by atoms with Gasteiger partial charge in [-0.25, -0.2) is 9.38 Å². The Morgan fingerprint density at radius 1 is 1.17 bits per heavy atom. The smallest absolute Gasteiger partial charge is 0.266 e. The number of rotatable bonds is 4. The van der Waals surface area contributed by atoms with E-state index in [0.29, 0.717) is 45.0 Å². The molecule has 30 heavy (non-hydrogen) atoms. The van der Waals surface area contributed by atoms with E-state index >= 15 is 0 Å². The van der Waals surface area contributed by atoms with Crippen molar-refractivity contribution in [2.75, 3.05) is 6.54 Å². The number of aliphatic imine (C=N–C) groups is 1. The number of carbonyl (C=O) groups is 1. The summed E-state index contributed by atoms with van der Waals surface area (Å²) in [6.07, 6.45) is 1.67. The van der Waals surface area contributed by atoms with Crippen LogP contribution in [0.25, 0.3) is 17.4 Å². The van der Waals surface area contributed by atoms with E-state index in [1.54, 1.807) is 47.4 Å². The Bertz CT molecular complexity index is 1210. The minimum atomic E-state index is -0.339. The molecule has 5 nitrogen and oxygen atoms in total. The van der Waals surface area contributed by atoms with Crippen molar-refractivity contribution in [3.05, 3.63) is 82.7 Å². The fourth-order valence-electron chi connectivity index (χ4n) is 3.00. The summed E-state index contributed by atoms with van der Waals surface area (Å²) in [4.78, 5) is 19.3. The quantitative estimate of drug-likeness (QED) is 0.520. The van der Waals surface area contributed by atoms with E-state index in [9.17, 15) is 14.4 Å². The van der Waals surface area contributed by atoms with Crippen LogP contribution >= 0.6 is 11.8 Å². The highest BCUT2D eigenvalue weighted by Crippen LogP contribution is 2.35. The van der Waals surface area contributed by atoms with Gasteiger partial charge in [0.25, 0.3) is 5.91 Å². The second kappa shape index (κ2) is 8.39. The third-order valence-corrected chi connectivity index (χ3v) is 5.48. The summed E-state index contributed by atoms with van der Waals surface area (Å²) in [5.41, 5.74) is 1.78. The van der Waals surface area contributed by atoms with Crippen molar-refractivity contribution in [2.24, 2.45) is 4.99 Å². The summed E-state index contributed by atoms with van der Waals surface area (Å²) < 4.78 is 19.0. The molecule has 1 saturated heterocycles. The van der Waals surface area contributed by atoms with Crippen molar-refractivity contribution >= 4 is 34.6 Å². The normalized spacial score (nSPS) is 16.4. The minimum Gasteiger partial charge on any atom is -0.457 e. The molecule has 1 fully saturated rings. The van der Waals surface area contributed by atoms with Gasteiger partial charge in [0.1, 0.15) is 17.3 Å². The molecule has 0 radical (unpaired) electrons. The number of amides is 1. The monoisotopic (exact) mass is 417 g/mol. The molecule has 4 rings (SSSR count). The summed E-state index contributed by atoms with van der Waals surface area (Å²) in [5.74, 6) is 0.557. The van der Waals surface area contributed by atoms with E-state index in [-0.39, 0.29) is 11.7 Å². The van der Waals surface area contributed by atoms with E-state index in [4.69, 9.17) is 4.42 Å². The molecule has 7 heteroatoms. The lowest BCUT2D eigenvalue weighted by molar-refractivity contribution is -0.122. The maximum atomic E-state index is 13.1. The molecular formula is C23H16FN3O2S. The zero-order valence-electron chi connectivity index (χ0n) is 16.0. The van der Waals surface area contributed by atoms with Gasteiger partial charge in [0.05, 0.1) is 22.2 Å². The Balaban J connectivity index is 1.63. The number of thioether (sulfide) groups is 1. The van der Waals surface area contributed by atoms with Crippen LogP contribution in [0.4, 0.5) is 10.1 Å². The first-order chi connectivity index (χ1) is 14.6. The van der Waals surface area contributed by atoms with Crippen LogP contribution in [0.1, 0.15) is 18.2 Å². The second-order valence-electron chi connectivity index (χ2n) is 6.39. The number of benzene rings is 2. The zero-order valence-corrected chi connectivity index (χ0v) is 16.8.